The summed E-state index contributed by atoms with van der Waals surface area (Å²) in [7, 11) is 0. The van der Waals surface area contributed by atoms with Gasteiger partial charge in [0.25, 0.3) is 5.91 Å². The minimum atomic E-state index is -0.192. The number of nitrogens with one attached hydrogen (secondary N) is 1. The number of rotatable bonds is 4. The minimum Gasteiger partial charge on any atom is -0.361 e. The predicted molar refractivity (Wildman–Crippen MR) is 53.5 cm³/mol. The summed E-state index contributed by atoms with van der Waals surface area (Å²) in [4.78, 5) is 11.5. The molecule has 5 heteroatoms. The van der Waals surface area contributed by atoms with E-state index in [0.29, 0.717) is 17.9 Å². The molecule has 0 aliphatic rings. The van der Waals surface area contributed by atoms with Crippen molar-refractivity contribution in [1.29, 1.82) is 0 Å². The summed E-state index contributed by atoms with van der Waals surface area (Å²) < 4.78 is 4.77. The molecule has 1 aromatic heterocycles. The minimum absolute atomic E-state index is 0.0286. The van der Waals surface area contributed by atoms with Crippen LogP contribution in [0.4, 0.5) is 0 Å². The molecule has 1 N–H and O–H groups in total. The number of halogens is 1. The molecule has 1 aromatic rings. The molecule has 0 saturated heterocycles. The van der Waals surface area contributed by atoms with Gasteiger partial charge in [-0.25, -0.2) is 0 Å². The van der Waals surface area contributed by atoms with E-state index in [1.54, 1.807) is 6.92 Å². The number of aryl methyl sites for hydroxylation is 1. The van der Waals surface area contributed by atoms with E-state index in [4.69, 9.17) is 16.1 Å². The van der Waals surface area contributed by atoms with Crippen molar-refractivity contribution in [1.82, 2.24) is 10.5 Å². The van der Waals surface area contributed by atoms with Gasteiger partial charge in [-0.2, -0.15) is 0 Å². The zero-order chi connectivity index (χ0) is 10.6. The Morgan fingerprint density at radius 2 is 2.50 bits per heavy atom. The van der Waals surface area contributed by atoms with Gasteiger partial charge in [0.1, 0.15) is 11.3 Å². The van der Waals surface area contributed by atoms with Gasteiger partial charge in [0.2, 0.25) is 0 Å². The van der Waals surface area contributed by atoms with E-state index in [2.05, 4.69) is 10.5 Å². The second kappa shape index (κ2) is 5.00. The summed E-state index contributed by atoms with van der Waals surface area (Å²) >= 11 is 5.86. The number of hydrogen-bond donors (Lipinski definition) is 1. The van der Waals surface area contributed by atoms with Crippen molar-refractivity contribution in [3.05, 3.63) is 17.5 Å². The molecular formula is C9H13ClN2O2. The average Bonchev–Trinajstić information content (AvgIpc) is 2.60. The van der Waals surface area contributed by atoms with Gasteiger partial charge in [0.15, 0.2) is 0 Å². The Labute approximate surface area is 87.6 Å². The van der Waals surface area contributed by atoms with Gasteiger partial charge in [-0.05, 0) is 13.3 Å². The number of alkyl halides is 1. The molecule has 78 valence electrons. The lowest BCUT2D eigenvalue weighted by atomic mass is 10.2. The monoisotopic (exact) mass is 216 g/mol. The fraction of sp³-hybridized carbons (Fsp3) is 0.556. The van der Waals surface area contributed by atoms with Crippen LogP contribution in [0.3, 0.4) is 0 Å². The average molecular weight is 217 g/mol. The van der Waals surface area contributed by atoms with Crippen LogP contribution in [0.1, 0.15) is 29.5 Å². The van der Waals surface area contributed by atoms with Crippen molar-refractivity contribution >= 4 is 17.5 Å². The van der Waals surface area contributed by atoms with Gasteiger partial charge in [0, 0.05) is 6.54 Å². The van der Waals surface area contributed by atoms with Crippen LogP contribution in [-0.4, -0.2) is 23.0 Å². The number of carbonyl (C=O) groups is 1. The maximum absolute atomic E-state index is 11.5. The van der Waals surface area contributed by atoms with Gasteiger partial charge in [-0.15, -0.1) is 11.6 Å². The van der Waals surface area contributed by atoms with E-state index < -0.39 is 0 Å². The second-order valence-electron chi connectivity index (χ2n) is 3.01. The van der Waals surface area contributed by atoms with Crippen LogP contribution >= 0.6 is 11.6 Å². The SMILES string of the molecule is CCC(Cl)CNC(=O)c1cnoc1C. The molecule has 0 aliphatic heterocycles. The summed E-state index contributed by atoms with van der Waals surface area (Å²) in [5.41, 5.74) is 0.463. The normalized spacial score (nSPS) is 12.5. The molecule has 0 saturated carbocycles. The Morgan fingerprint density at radius 3 is 3.00 bits per heavy atom. The third-order valence-electron chi connectivity index (χ3n) is 1.92. The summed E-state index contributed by atoms with van der Waals surface area (Å²) in [5, 5.41) is 6.20. The molecule has 0 fully saturated rings. The van der Waals surface area contributed by atoms with E-state index >= 15 is 0 Å². The Bertz CT molecular complexity index is 312. The third-order valence-corrected chi connectivity index (χ3v) is 2.39. The van der Waals surface area contributed by atoms with Crippen molar-refractivity contribution in [2.75, 3.05) is 6.54 Å². The van der Waals surface area contributed by atoms with Crippen molar-refractivity contribution in [2.24, 2.45) is 0 Å². The van der Waals surface area contributed by atoms with E-state index in [9.17, 15) is 4.79 Å². The molecule has 1 atom stereocenters. The first-order valence-corrected chi connectivity index (χ1v) is 4.92. The zero-order valence-electron chi connectivity index (χ0n) is 8.21. The quantitative estimate of drug-likeness (QED) is 0.780. The van der Waals surface area contributed by atoms with Gasteiger partial charge in [-0.1, -0.05) is 12.1 Å². The number of nitrogens with zero attached hydrogens (tertiary/aromatic N) is 1. The van der Waals surface area contributed by atoms with Crippen LogP contribution in [-0.2, 0) is 0 Å². The molecule has 1 heterocycles. The second-order valence-corrected chi connectivity index (χ2v) is 3.63. The van der Waals surface area contributed by atoms with Crippen LogP contribution in [0.25, 0.3) is 0 Å². The van der Waals surface area contributed by atoms with Crippen molar-refractivity contribution in [2.45, 2.75) is 25.6 Å². The van der Waals surface area contributed by atoms with E-state index in [1.807, 2.05) is 6.92 Å². The molecular weight excluding hydrogens is 204 g/mol. The summed E-state index contributed by atoms with van der Waals surface area (Å²) in [6.45, 7) is 4.12. The standard InChI is InChI=1S/C9H13ClN2O2/c1-3-7(10)4-11-9(13)8-5-12-14-6(8)2/h5,7H,3-4H2,1-2H3,(H,11,13). The molecule has 0 aliphatic carbocycles. The van der Waals surface area contributed by atoms with Gasteiger partial charge in [-0.3, -0.25) is 4.79 Å². The van der Waals surface area contributed by atoms with Gasteiger partial charge >= 0.3 is 0 Å². The highest BCUT2D eigenvalue weighted by Crippen LogP contribution is 2.06. The maximum atomic E-state index is 11.5. The molecule has 1 unspecified atom stereocenters. The van der Waals surface area contributed by atoms with Crippen molar-refractivity contribution in [3.8, 4) is 0 Å². The summed E-state index contributed by atoms with van der Waals surface area (Å²) in [6.07, 6.45) is 2.23. The Hall–Kier alpha value is -1.03. The largest absolute Gasteiger partial charge is 0.361 e. The summed E-state index contributed by atoms with van der Waals surface area (Å²) in [6, 6.07) is 0. The fourth-order valence-corrected chi connectivity index (χ4v) is 1.04. The Morgan fingerprint density at radius 1 is 1.79 bits per heavy atom. The van der Waals surface area contributed by atoms with Crippen molar-refractivity contribution < 1.29 is 9.32 Å². The van der Waals surface area contributed by atoms with Gasteiger partial charge < -0.3 is 9.84 Å². The molecule has 0 spiro atoms. The van der Waals surface area contributed by atoms with Gasteiger partial charge in [0.05, 0.1) is 11.6 Å². The lowest BCUT2D eigenvalue weighted by Gasteiger charge is -2.07. The number of carbonyl (C=O) groups excluding carboxylic acids is 1. The van der Waals surface area contributed by atoms with Crippen LogP contribution in [0.5, 0.6) is 0 Å². The first kappa shape index (κ1) is 11.0. The van der Waals surface area contributed by atoms with Crippen LogP contribution < -0.4 is 5.32 Å². The highest BCUT2D eigenvalue weighted by Gasteiger charge is 2.13. The van der Waals surface area contributed by atoms with Crippen molar-refractivity contribution in [3.63, 3.8) is 0 Å². The lowest BCUT2D eigenvalue weighted by molar-refractivity contribution is 0.0952. The first-order valence-electron chi connectivity index (χ1n) is 4.48. The Kier molecular flexibility index (Phi) is 3.95. The van der Waals surface area contributed by atoms with E-state index in [1.165, 1.54) is 6.20 Å². The molecule has 4 nitrogen and oxygen atoms in total. The number of amides is 1. The predicted octanol–water partition coefficient (Wildman–Crippen LogP) is 1.73. The first-order chi connectivity index (χ1) is 6.65. The topological polar surface area (TPSA) is 55.1 Å². The number of aromatic nitrogens is 1. The fourth-order valence-electron chi connectivity index (χ4n) is 0.960. The van der Waals surface area contributed by atoms with E-state index in [0.717, 1.165) is 6.42 Å². The number of hydrogen-bond acceptors (Lipinski definition) is 3. The third kappa shape index (κ3) is 2.73. The highest BCUT2D eigenvalue weighted by molar-refractivity contribution is 6.20. The lowest BCUT2D eigenvalue weighted by Crippen LogP contribution is -2.29. The highest BCUT2D eigenvalue weighted by atomic mass is 35.5. The summed E-state index contributed by atoms with van der Waals surface area (Å²) in [5.74, 6) is 0.327. The zero-order valence-corrected chi connectivity index (χ0v) is 8.97. The molecule has 1 rings (SSSR count). The Balaban J connectivity index is 2.47. The molecule has 0 bridgehead atoms. The van der Waals surface area contributed by atoms with Crippen LogP contribution in [0.15, 0.2) is 10.7 Å². The maximum Gasteiger partial charge on any atom is 0.256 e. The van der Waals surface area contributed by atoms with E-state index in [-0.39, 0.29) is 11.3 Å². The molecule has 1 amide bonds. The molecule has 0 aromatic carbocycles. The van der Waals surface area contributed by atoms with Crippen LogP contribution in [0, 0.1) is 6.92 Å². The smallest absolute Gasteiger partial charge is 0.256 e. The molecule has 0 radical (unpaired) electrons. The molecule has 14 heavy (non-hydrogen) atoms. The van der Waals surface area contributed by atoms with Crippen LogP contribution in [0.2, 0.25) is 0 Å².